The molecule has 0 amide bonds. The van der Waals surface area contributed by atoms with Gasteiger partial charge in [-0.25, -0.2) is 0 Å². The molecule has 4 nitrogen and oxygen atoms in total. The number of benzene rings is 1. The van der Waals surface area contributed by atoms with Gasteiger partial charge in [0.25, 0.3) is 0 Å². The molecule has 120 valence electrons. The Morgan fingerprint density at radius 1 is 1.33 bits per heavy atom. The van der Waals surface area contributed by atoms with Crippen molar-refractivity contribution < 1.29 is 0 Å². The van der Waals surface area contributed by atoms with Gasteiger partial charge in [0.1, 0.15) is 0 Å². The van der Waals surface area contributed by atoms with Crippen LogP contribution in [0.4, 0.5) is 0 Å². The van der Waals surface area contributed by atoms with E-state index >= 15 is 0 Å². The van der Waals surface area contributed by atoms with Gasteiger partial charge in [-0.2, -0.15) is 0 Å². The highest BCUT2D eigenvalue weighted by molar-refractivity contribution is 14.0. The number of hydrogen-bond donors (Lipinski definition) is 2. The number of halogens is 1. The first-order chi connectivity index (χ1) is 9.63. The van der Waals surface area contributed by atoms with Crippen LogP contribution in [-0.4, -0.2) is 43.6 Å². The van der Waals surface area contributed by atoms with Crippen molar-refractivity contribution in [1.82, 2.24) is 10.2 Å². The molecule has 0 saturated carbocycles. The van der Waals surface area contributed by atoms with Gasteiger partial charge < -0.3 is 16.0 Å². The summed E-state index contributed by atoms with van der Waals surface area (Å²) in [5, 5.41) is 3.16. The zero-order valence-electron chi connectivity index (χ0n) is 13.4. The van der Waals surface area contributed by atoms with Crippen molar-refractivity contribution in [1.29, 1.82) is 0 Å². The highest BCUT2D eigenvalue weighted by Gasteiger charge is 2.05. The minimum atomic E-state index is 0. The molecule has 0 aliphatic heterocycles. The molecule has 3 N–H and O–H groups in total. The standard InChI is InChI=1S/C16H28N4.HI/c1-4-14(2)20(3)13-12-19-16(17)18-11-10-15-8-6-5-7-9-15;/h5-9,14H,4,10-13H2,1-3H3,(H3,17,18,19);1H. The van der Waals surface area contributed by atoms with Crippen molar-refractivity contribution in [3.63, 3.8) is 0 Å². The van der Waals surface area contributed by atoms with E-state index in [-0.39, 0.29) is 24.0 Å². The lowest BCUT2D eigenvalue weighted by Crippen LogP contribution is -2.35. The molecule has 1 unspecified atom stereocenters. The quantitative estimate of drug-likeness (QED) is 0.398. The van der Waals surface area contributed by atoms with E-state index in [0.29, 0.717) is 12.0 Å². The molecule has 0 radical (unpaired) electrons. The van der Waals surface area contributed by atoms with Crippen LogP contribution in [0.25, 0.3) is 0 Å². The molecule has 1 aromatic carbocycles. The van der Waals surface area contributed by atoms with Crippen molar-refractivity contribution in [2.75, 3.05) is 26.7 Å². The fourth-order valence-electron chi connectivity index (χ4n) is 1.90. The number of nitrogens with two attached hydrogens (primary N) is 1. The largest absolute Gasteiger partial charge is 0.370 e. The Balaban J connectivity index is 0.00000400. The van der Waals surface area contributed by atoms with Crippen molar-refractivity contribution in [3.8, 4) is 0 Å². The molecule has 0 spiro atoms. The van der Waals surface area contributed by atoms with Crippen molar-refractivity contribution in [2.45, 2.75) is 32.7 Å². The van der Waals surface area contributed by atoms with Crippen LogP contribution < -0.4 is 11.1 Å². The van der Waals surface area contributed by atoms with Gasteiger partial charge in [0.15, 0.2) is 5.96 Å². The third-order valence-corrected chi connectivity index (χ3v) is 3.64. The smallest absolute Gasteiger partial charge is 0.188 e. The average molecular weight is 404 g/mol. The normalized spacial score (nSPS) is 12.9. The van der Waals surface area contributed by atoms with Crippen molar-refractivity contribution >= 4 is 29.9 Å². The molecule has 0 aliphatic carbocycles. The molecule has 0 bridgehead atoms. The number of guanidine groups is 1. The highest BCUT2D eigenvalue weighted by Crippen LogP contribution is 1.99. The number of aliphatic imine (C=N–C) groups is 1. The number of nitrogens with one attached hydrogen (secondary N) is 1. The maximum absolute atomic E-state index is 5.85. The summed E-state index contributed by atoms with van der Waals surface area (Å²) in [5.41, 5.74) is 7.16. The molecule has 0 saturated heterocycles. The summed E-state index contributed by atoms with van der Waals surface area (Å²) in [6.45, 7) is 6.93. The maximum atomic E-state index is 5.85. The van der Waals surface area contributed by atoms with E-state index in [9.17, 15) is 0 Å². The van der Waals surface area contributed by atoms with E-state index in [0.717, 1.165) is 32.5 Å². The monoisotopic (exact) mass is 404 g/mol. The first kappa shape index (κ1) is 20.2. The maximum Gasteiger partial charge on any atom is 0.188 e. The third-order valence-electron chi connectivity index (χ3n) is 3.64. The topological polar surface area (TPSA) is 53.6 Å². The highest BCUT2D eigenvalue weighted by atomic mass is 127. The van der Waals surface area contributed by atoms with E-state index in [1.165, 1.54) is 5.56 Å². The lowest BCUT2D eigenvalue weighted by molar-refractivity contribution is 0.259. The predicted octanol–water partition coefficient (Wildman–Crippen LogP) is 2.48. The molecule has 21 heavy (non-hydrogen) atoms. The van der Waals surface area contributed by atoms with E-state index in [1.54, 1.807) is 0 Å². The van der Waals surface area contributed by atoms with Gasteiger partial charge in [0.2, 0.25) is 0 Å². The van der Waals surface area contributed by atoms with E-state index in [4.69, 9.17) is 5.73 Å². The van der Waals surface area contributed by atoms with Gasteiger partial charge in [-0.1, -0.05) is 37.3 Å². The summed E-state index contributed by atoms with van der Waals surface area (Å²) in [6, 6.07) is 11.0. The molecule has 1 aromatic rings. The van der Waals surface area contributed by atoms with Gasteiger partial charge >= 0.3 is 0 Å². The van der Waals surface area contributed by atoms with E-state index in [1.807, 2.05) is 6.07 Å². The van der Waals surface area contributed by atoms with Crippen LogP contribution in [0.3, 0.4) is 0 Å². The van der Waals surface area contributed by atoms with Gasteiger partial charge in [0.05, 0.1) is 6.54 Å². The van der Waals surface area contributed by atoms with Crippen LogP contribution in [0.15, 0.2) is 35.3 Å². The number of likely N-dealkylation sites (N-methyl/N-ethyl adjacent to an activating group) is 1. The Morgan fingerprint density at radius 2 is 2.00 bits per heavy atom. The summed E-state index contributed by atoms with van der Waals surface area (Å²) in [5.74, 6) is 0.540. The Labute approximate surface area is 146 Å². The predicted molar refractivity (Wildman–Crippen MR) is 102 cm³/mol. The van der Waals surface area contributed by atoms with Crippen molar-refractivity contribution in [2.24, 2.45) is 10.7 Å². The van der Waals surface area contributed by atoms with Crippen LogP contribution in [0, 0.1) is 0 Å². The minimum Gasteiger partial charge on any atom is -0.370 e. The fraction of sp³-hybridized carbons (Fsp3) is 0.562. The first-order valence-electron chi connectivity index (χ1n) is 7.41. The summed E-state index contributed by atoms with van der Waals surface area (Å²) in [4.78, 5) is 6.66. The molecule has 0 aliphatic rings. The van der Waals surface area contributed by atoms with Gasteiger partial charge in [-0.15, -0.1) is 24.0 Å². The number of rotatable bonds is 8. The lowest BCUT2D eigenvalue weighted by atomic mass is 10.1. The molecule has 1 rings (SSSR count). The van der Waals surface area contributed by atoms with E-state index < -0.39 is 0 Å². The third kappa shape index (κ3) is 8.93. The lowest BCUT2D eigenvalue weighted by Gasteiger charge is -2.22. The molecular formula is C16H29IN4. The molecular weight excluding hydrogens is 375 g/mol. The second kappa shape index (κ2) is 11.8. The number of nitrogens with zero attached hydrogens (tertiary/aromatic N) is 2. The van der Waals surface area contributed by atoms with Crippen LogP contribution in [0.2, 0.25) is 0 Å². The zero-order chi connectivity index (χ0) is 14.8. The summed E-state index contributed by atoms with van der Waals surface area (Å²) in [6.07, 6.45) is 2.12. The Hall–Kier alpha value is -0.820. The first-order valence-corrected chi connectivity index (χ1v) is 7.41. The summed E-state index contributed by atoms with van der Waals surface area (Å²) < 4.78 is 0. The molecule has 0 aromatic heterocycles. The van der Waals surface area contributed by atoms with Gasteiger partial charge in [0, 0.05) is 19.1 Å². The van der Waals surface area contributed by atoms with Crippen LogP contribution in [-0.2, 0) is 6.42 Å². The SMILES string of the molecule is CCC(C)N(C)CCN=C(N)NCCc1ccccc1.I. The Bertz CT molecular complexity index is 395. The van der Waals surface area contributed by atoms with Crippen LogP contribution in [0.1, 0.15) is 25.8 Å². The van der Waals surface area contributed by atoms with Crippen LogP contribution >= 0.6 is 24.0 Å². The minimum absolute atomic E-state index is 0. The molecule has 5 heteroatoms. The van der Waals surface area contributed by atoms with E-state index in [2.05, 4.69) is 60.4 Å². The summed E-state index contributed by atoms with van der Waals surface area (Å²) >= 11 is 0. The fourth-order valence-corrected chi connectivity index (χ4v) is 1.90. The second-order valence-corrected chi connectivity index (χ2v) is 5.17. The van der Waals surface area contributed by atoms with Gasteiger partial charge in [-0.05, 0) is 32.4 Å². The second-order valence-electron chi connectivity index (χ2n) is 5.17. The van der Waals surface area contributed by atoms with Gasteiger partial charge in [-0.3, -0.25) is 4.99 Å². The molecule has 0 fully saturated rings. The Kier molecular flexibility index (Phi) is 11.3. The van der Waals surface area contributed by atoms with Crippen molar-refractivity contribution in [3.05, 3.63) is 35.9 Å². The average Bonchev–Trinajstić information content (AvgIpc) is 2.47. The van der Waals surface area contributed by atoms with Crippen LogP contribution in [0.5, 0.6) is 0 Å². The molecule has 1 atom stereocenters. The Morgan fingerprint density at radius 3 is 2.62 bits per heavy atom. The summed E-state index contributed by atoms with van der Waals surface area (Å²) in [7, 11) is 2.13. The number of hydrogen-bond acceptors (Lipinski definition) is 2. The molecule has 0 heterocycles. The zero-order valence-corrected chi connectivity index (χ0v) is 15.7.